The quantitative estimate of drug-likeness (QED) is 0.861. The average Bonchev–Trinajstić information content (AvgIpc) is 2.47. The molecule has 1 aromatic carbocycles. The minimum Gasteiger partial charge on any atom is -0.480 e. The molecule has 2 rings (SSSR count). The molecule has 0 aromatic heterocycles. The van der Waals surface area contributed by atoms with Gasteiger partial charge in [0.05, 0.1) is 0 Å². The fraction of sp³-hybridized carbons (Fsp3) is 0.611. The smallest absolute Gasteiger partial charge is 0.320 e. The number of carboxylic acids is 1. The van der Waals surface area contributed by atoms with Gasteiger partial charge in [-0.05, 0) is 35.6 Å². The molecular weight excluding hydrogens is 356 g/mol. The number of piperazine rings is 1. The minimum absolute atomic E-state index is 0.0727. The van der Waals surface area contributed by atoms with E-state index in [-0.39, 0.29) is 11.5 Å². The number of aliphatic carboxylic acids is 1. The molecule has 5 heteroatoms. The number of nitrogens with zero attached hydrogens (tertiary/aromatic N) is 2. The molecule has 1 saturated heterocycles. The summed E-state index contributed by atoms with van der Waals surface area (Å²) in [6.07, 6.45) is 0.654. The molecule has 4 nitrogen and oxygen atoms in total. The van der Waals surface area contributed by atoms with Crippen molar-refractivity contribution < 1.29 is 9.90 Å². The number of hydrogen-bond acceptors (Lipinski definition) is 3. The summed E-state index contributed by atoms with van der Waals surface area (Å²) in [5.74, 6) is -0.708. The van der Waals surface area contributed by atoms with Gasteiger partial charge in [0, 0.05) is 36.3 Å². The Balaban J connectivity index is 2.16. The van der Waals surface area contributed by atoms with E-state index < -0.39 is 5.97 Å². The van der Waals surface area contributed by atoms with Crippen LogP contribution in [-0.4, -0.2) is 48.2 Å². The molecular formula is C18H27BrN2O2. The van der Waals surface area contributed by atoms with Crippen molar-refractivity contribution in [3.8, 4) is 0 Å². The highest BCUT2D eigenvalue weighted by molar-refractivity contribution is 9.10. The highest BCUT2D eigenvalue weighted by Gasteiger charge is 2.29. The van der Waals surface area contributed by atoms with Crippen molar-refractivity contribution >= 4 is 27.6 Å². The molecule has 0 saturated carbocycles. The highest BCUT2D eigenvalue weighted by Crippen LogP contribution is 2.34. The van der Waals surface area contributed by atoms with Crippen molar-refractivity contribution in [1.82, 2.24) is 4.90 Å². The highest BCUT2D eigenvalue weighted by atomic mass is 79.9. The van der Waals surface area contributed by atoms with Crippen LogP contribution in [0.25, 0.3) is 0 Å². The van der Waals surface area contributed by atoms with Gasteiger partial charge in [0.2, 0.25) is 0 Å². The van der Waals surface area contributed by atoms with E-state index in [9.17, 15) is 9.90 Å². The first-order valence-electron chi connectivity index (χ1n) is 8.26. The maximum atomic E-state index is 11.3. The van der Waals surface area contributed by atoms with Crippen molar-refractivity contribution in [2.45, 2.75) is 45.6 Å². The van der Waals surface area contributed by atoms with E-state index >= 15 is 0 Å². The zero-order valence-electron chi connectivity index (χ0n) is 14.5. The predicted molar refractivity (Wildman–Crippen MR) is 98.3 cm³/mol. The van der Waals surface area contributed by atoms with Crippen LogP contribution in [0.5, 0.6) is 0 Å². The second kappa shape index (κ2) is 7.22. The average molecular weight is 383 g/mol. The summed E-state index contributed by atoms with van der Waals surface area (Å²) in [6.45, 7) is 12.0. The molecule has 0 aliphatic carbocycles. The Labute approximate surface area is 147 Å². The van der Waals surface area contributed by atoms with Gasteiger partial charge in [-0.2, -0.15) is 0 Å². The lowest BCUT2D eigenvalue weighted by Gasteiger charge is -2.40. The van der Waals surface area contributed by atoms with Crippen molar-refractivity contribution in [2.24, 2.45) is 0 Å². The largest absolute Gasteiger partial charge is 0.480 e. The van der Waals surface area contributed by atoms with E-state index in [0.29, 0.717) is 6.42 Å². The van der Waals surface area contributed by atoms with E-state index in [0.717, 1.165) is 30.7 Å². The van der Waals surface area contributed by atoms with Gasteiger partial charge < -0.3 is 10.0 Å². The Hall–Kier alpha value is -1.07. The van der Waals surface area contributed by atoms with Crippen LogP contribution >= 0.6 is 15.9 Å². The molecule has 0 radical (unpaired) electrons. The lowest BCUT2D eigenvalue weighted by atomic mass is 9.85. The fourth-order valence-corrected chi connectivity index (χ4v) is 3.61. The zero-order valence-corrected chi connectivity index (χ0v) is 16.1. The molecule has 128 valence electrons. The summed E-state index contributed by atoms with van der Waals surface area (Å²) in [4.78, 5) is 15.8. The van der Waals surface area contributed by atoms with Crippen LogP contribution in [0.3, 0.4) is 0 Å². The van der Waals surface area contributed by atoms with Gasteiger partial charge in [0.25, 0.3) is 0 Å². The Morgan fingerprint density at radius 1 is 1.26 bits per heavy atom. The summed E-state index contributed by atoms with van der Waals surface area (Å²) in [5, 5.41) is 9.33. The van der Waals surface area contributed by atoms with Crippen LogP contribution in [-0.2, 0) is 10.2 Å². The number of hydrogen-bond donors (Lipinski definition) is 1. The van der Waals surface area contributed by atoms with Crippen molar-refractivity contribution in [3.05, 3.63) is 28.2 Å². The topological polar surface area (TPSA) is 43.8 Å². The van der Waals surface area contributed by atoms with E-state index in [4.69, 9.17) is 0 Å². The van der Waals surface area contributed by atoms with Crippen molar-refractivity contribution in [3.63, 3.8) is 0 Å². The van der Waals surface area contributed by atoms with Crippen LogP contribution in [0.4, 0.5) is 5.69 Å². The Kier molecular flexibility index (Phi) is 5.74. The van der Waals surface area contributed by atoms with Gasteiger partial charge in [0.15, 0.2) is 0 Å². The number of benzene rings is 1. The minimum atomic E-state index is -0.708. The zero-order chi connectivity index (χ0) is 17.2. The number of carboxylic acid groups (broad SMARTS) is 1. The van der Waals surface area contributed by atoms with Gasteiger partial charge in [-0.25, -0.2) is 0 Å². The lowest BCUT2D eigenvalue weighted by Crippen LogP contribution is -2.52. The van der Waals surface area contributed by atoms with Gasteiger partial charge in [-0.15, -0.1) is 0 Å². The first-order valence-corrected chi connectivity index (χ1v) is 9.05. The number of carbonyl (C=O) groups is 1. The molecule has 1 aliphatic rings. The Morgan fingerprint density at radius 2 is 1.87 bits per heavy atom. The summed E-state index contributed by atoms with van der Waals surface area (Å²) >= 11 is 3.57. The monoisotopic (exact) mass is 382 g/mol. The second-order valence-corrected chi connectivity index (χ2v) is 8.11. The van der Waals surface area contributed by atoms with Crippen molar-refractivity contribution in [1.29, 1.82) is 0 Å². The fourth-order valence-electron chi connectivity index (χ4n) is 3.25. The van der Waals surface area contributed by atoms with Crippen LogP contribution in [0.2, 0.25) is 0 Å². The first kappa shape index (κ1) is 18.3. The third kappa shape index (κ3) is 4.27. The predicted octanol–water partition coefficient (Wildman–Crippen LogP) is 3.73. The Bertz CT molecular complexity index is 561. The molecule has 1 aromatic rings. The second-order valence-electron chi connectivity index (χ2n) is 7.20. The summed E-state index contributed by atoms with van der Waals surface area (Å²) in [5.41, 5.74) is 2.66. The van der Waals surface area contributed by atoms with E-state index in [1.54, 1.807) is 0 Å². The van der Waals surface area contributed by atoms with E-state index in [2.05, 4.69) is 64.7 Å². The molecule has 0 bridgehead atoms. The van der Waals surface area contributed by atoms with Gasteiger partial charge in [-0.1, -0.05) is 43.6 Å². The normalized spacial score (nSPS) is 18.0. The Morgan fingerprint density at radius 3 is 2.35 bits per heavy atom. The number of rotatable bonds is 4. The lowest BCUT2D eigenvalue weighted by molar-refractivity contribution is -0.143. The molecule has 0 amide bonds. The van der Waals surface area contributed by atoms with E-state index in [1.807, 2.05) is 6.92 Å². The standard InChI is InChI=1S/C18H27BrN2O2/c1-5-15(17(22)23)20-8-10-21(11-9-20)16-7-6-13(19)12-14(16)18(2,3)4/h6-7,12,15H,5,8-11H2,1-4H3,(H,22,23). The molecule has 1 atom stereocenters. The number of anilines is 1. The van der Waals surface area contributed by atoms with Gasteiger partial charge in [-0.3, -0.25) is 9.69 Å². The van der Waals surface area contributed by atoms with Crippen LogP contribution in [0, 0.1) is 0 Å². The molecule has 0 spiro atoms. The molecule has 1 heterocycles. The molecule has 1 N–H and O–H groups in total. The molecule has 1 unspecified atom stereocenters. The van der Waals surface area contributed by atoms with Gasteiger partial charge >= 0.3 is 5.97 Å². The maximum Gasteiger partial charge on any atom is 0.320 e. The first-order chi connectivity index (χ1) is 10.7. The molecule has 1 fully saturated rings. The molecule has 23 heavy (non-hydrogen) atoms. The third-order valence-corrected chi connectivity index (χ3v) is 5.03. The van der Waals surface area contributed by atoms with Crippen LogP contribution < -0.4 is 4.90 Å². The van der Waals surface area contributed by atoms with Crippen LogP contribution in [0.15, 0.2) is 22.7 Å². The molecule has 1 aliphatic heterocycles. The summed E-state index contributed by atoms with van der Waals surface area (Å²) in [6, 6.07) is 6.11. The maximum absolute atomic E-state index is 11.3. The van der Waals surface area contributed by atoms with Crippen LogP contribution in [0.1, 0.15) is 39.7 Å². The summed E-state index contributed by atoms with van der Waals surface area (Å²) < 4.78 is 1.10. The van der Waals surface area contributed by atoms with E-state index in [1.165, 1.54) is 11.3 Å². The third-order valence-electron chi connectivity index (χ3n) is 4.53. The number of halogens is 1. The SMILES string of the molecule is CCC(C(=O)O)N1CCN(c2ccc(Br)cc2C(C)(C)C)CC1. The van der Waals surface area contributed by atoms with Crippen molar-refractivity contribution in [2.75, 3.05) is 31.1 Å². The van der Waals surface area contributed by atoms with Gasteiger partial charge in [0.1, 0.15) is 6.04 Å². The summed E-state index contributed by atoms with van der Waals surface area (Å²) in [7, 11) is 0.